The van der Waals surface area contributed by atoms with Crippen LogP contribution in [0.2, 0.25) is 0 Å². The lowest BCUT2D eigenvalue weighted by Gasteiger charge is -2.22. The van der Waals surface area contributed by atoms with Crippen LogP contribution in [0.5, 0.6) is 0 Å². The Hall–Kier alpha value is -1.81. The third-order valence-electron chi connectivity index (χ3n) is 3.14. The molecule has 0 unspecified atom stereocenters. The highest BCUT2D eigenvalue weighted by Gasteiger charge is 2.13. The third-order valence-corrected chi connectivity index (χ3v) is 3.14. The molecule has 0 bridgehead atoms. The summed E-state index contributed by atoms with van der Waals surface area (Å²) in [4.78, 5) is 13.3. The van der Waals surface area contributed by atoms with Crippen molar-refractivity contribution in [1.29, 1.82) is 0 Å². The molecular formula is C16H22N4. The Balaban J connectivity index is 2.30. The van der Waals surface area contributed by atoms with E-state index in [1.807, 2.05) is 26.0 Å². The molecule has 0 fully saturated rings. The van der Waals surface area contributed by atoms with Crippen LogP contribution in [0.15, 0.2) is 24.5 Å². The van der Waals surface area contributed by atoms with E-state index >= 15 is 0 Å². The van der Waals surface area contributed by atoms with Crippen LogP contribution >= 0.6 is 0 Å². The van der Waals surface area contributed by atoms with Crippen molar-refractivity contribution in [2.45, 2.75) is 46.7 Å². The zero-order chi connectivity index (χ0) is 14.8. The number of nitrogens with one attached hydrogen (secondary N) is 1. The molecule has 1 N–H and O–H groups in total. The minimum atomic E-state index is 0.0842. The van der Waals surface area contributed by atoms with E-state index < -0.39 is 0 Å². The summed E-state index contributed by atoms with van der Waals surface area (Å²) in [5.74, 6) is 0.743. The molecule has 106 valence electrons. The van der Waals surface area contributed by atoms with Crippen LogP contribution in [0.4, 0.5) is 0 Å². The van der Waals surface area contributed by atoms with E-state index in [0.717, 1.165) is 29.3 Å². The first-order chi connectivity index (χ1) is 9.37. The summed E-state index contributed by atoms with van der Waals surface area (Å²) in [5.41, 5.74) is 4.25. The molecule has 0 radical (unpaired) electrons. The van der Waals surface area contributed by atoms with E-state index in [4.69, 9.17) is 0 Å². The number of hydrogen-bond donors (Lipinski definition) is 1. The molecule has 0 aliphatic heterocycles. The van der Waals surface area contributed by atoms with E-state index in [-0.39, 0.29) is 5.54 Å². The molecule has 0 saturated heterocycles. The van der Waals surface area contributed by atoms with Gasteiger partial charge in [-0.3, -0.25) is 4.98 Å². The first-order valence-electron chi connectivity index (χ1n) is 6.86. The molecule has 2 heterocycles. The fourth-order valence-electron chi connectivity index (χ4n) is 1.97. The molecular weight excluding hydrogens is 248 g/mol. The van der Waals surface area contributed by atoms with Crippen molar-refractivity contribution in [3.63, 3.8) is 0 Å². The maximum atomic E-state index is 4.61. The summed E-state index contributed by atoms with van der Waals surface area (Å²) < 4.78 is 0. The second-order valence-corrected chi connectivity index (χ2v) is 6.04. The van der Waals surface area contributed by atoms with Gasteiger partial charge in [-0.05, 0) is 46.8 Å². The Morgan fingerprint density at radius 3 is 2.25 bits per heavy atom. The molecule has 4 heteroatoms. The highest BCUT2D eigenvalue weighted by Crippen LogP contribution is 2.18. The fraction of sp³-hybridized carbons (Fsp3) is 0.438. The Bertz CT molecular complexity index is 562. The largest absolute Gasteiger partial charge is 0.308 e. The highest BCUT2D eigenvalue weighted by atomic mass is 15.0. The molecule has 2 rings (SSSR count). The highest BCUT2D eigenvalue weighted by molar-refractivity contribution is 5.54. The predicted octanol–water partition coefficient (Wildman–Crippen LogP) is 3.04. The van der Waals surface area contributed by atoms with E-state index in [1.54, 1.807) is 12.4 Å². The number of nitrogens with zero attached hydrogens (tertiary/aromatic N) is 3. The minimum Gasteiger partial charge on any atom is -0.308 e. The Labute approximate surface area is 120 Å². The maximum Gasteiger partial charge on any atom is 0.161 e. The van der Waals surface area contributed by atoms with Gasteiger partial charge in [-0.1, -0.05) is 0 Å². The van der Waals surface area contributed by atoms with E-state index in [1.165, 1.54) is 5.56 Å². The van der Waals surface area contributed by atoms with Gasteiger partial charge in [-0.15, -0.1) is 0 Å². The molecule has 0 spiro atoms. The average Bonchev–Trinajstić information content (AvgIpc) is 2.37. The lowest BCUT2D eigenvalue weighted by atomic mass is 10.1. The molecule has 0 atom stereocenters. The summed E-state index contributed by atoms with van der Waals surface area (Å²) in [5, 5.41) is 3.49. The normalized spacial score (nSPS) is 11.7. The van der Waals surface area contributed by atoms with Gasteiger partial charge < -0.3 is 5.32 Å². The number of aromatic nitrogens is 3. The molecule has 20 heavy (non-hydrogen) atoms. The summed E-state index contributed by atoms with van der Waals surface area (Å²) >= 11 is 0. The fourth-order valence-corrected chi connectivity index (χ4v) is 1.97. The summed E-state index contributed by atoms with van der Waals surface area (Å²) in [6.45, 7) is 11.3. The second kappa shape index (κ2) is 5.67. The van der Waals surface area contributed by atoms with Crippen molar-refractivity contribution in [2.75, 3.05) is 0 Å². The van der Waals surface area contributed by atoms with Gasteiger partial charge in [-0.2, -0.15) is 0 Å². The molecule has 0 aromatic carbocycles. The van der Waals surface area contributed by atoms with Crippen molar-refractivity contribution in [1.82, 2.24) is 20.3 Å². The van der Waals surface area contributed by atoms with E-state index in [0.29, 0.717) is 0 Å². The maximum absolute atomic E-state index is 4.61. The van der Waals surface area contributed by atoms with Crippen molar-refractivity contribution in [3.05, 3.63) is 41.5 Å². The predicted molar refractivity (Wildman–Crippen MR) is 81.3 cm³/mol. The van der Waals surface area contributed by atoms with Crippen LogP contribution in [0.1, 0.15) is 37.7 Å². The first kappa shape index (κ1) is 14.6. The Kier molecular flexibility index (Phi) is 4.14. The van der Waals surface area contributed by atoms with Crippen molar-refractivity contribution in [2.24, 2.45) is 0 Å². The van der Waals surface area contributed by atoms with Gasteiger partial charge in [0.15, 0.2) is 5.82 Å². The number of hydrogen-bond acceptors (Lipinski definition) is 4. The molecule has 2 aromatic rings. The molecule has 2 aromatic heterocycles. The summed E-state index contributed by atoms with van der Waals surface area (Å²) in [6.07, 6.45) is 3.55. The zero-order valence-electron chi connectivity index (χ0n) is 12.9. The average molecular weight is 270 g/mol. The van der Waals surface area contributed by atoms with Crippen LogP contribution < -0.4 is 5.32 Å². The van der Waals surface area contributed by atoms with Gasteiger partial charge in [0.25, 0.3) is 0 Å². The van der Waals surface area contributed by atoms with Crippen LogP contribution in [-0.4, -0.2) is 20.5 Å². The smallest absolute Gasteiger partial charge is 0.161 e. The van der Waals surface area contributed by atoms with Crippen molar-refractivity contribution < 1.29 is 0 Å². The first-order valence-corrected chi connectivity index (χ1v) is 6.86. The minimum absolute atomic E-state index is 0.0842. The molecule has 0 aliphatic rings. The van der Waals surface area contributed by atoms with Gasteiger partial charge in [0.05, 0.1) is 0 Å². The van der Waals surface area contributed by atoms with Crippen LogP contribution in [0.3, 0.4) is 0 Å². The molecule has 0 aliphatic carbocycles. The Morgan fingerprint density at radius 2 is 1.75 bits per heavy atom. The van der Waals surface area contributed by atoms with Crippen LogP contribution in [0.25, 0.3) is 11.4 Å². The van der Waals surface area contributed by atoms with E-state index in [9.17, 15) is 0 Å². The van der Waals surface area contributed by atoms with Gasteiger partial charge >= 0.3 is 0 Å². The standard InChI is InChI=1S/C16H22N4/c1-11-14(10-18-16(3,4)5)12(2)20-15(19-11)13-7-6-8-17-9-13/h6-9,18H,10H2,1-5H3. The number of rotatable bonds is 3. The Morgan fingerprint density at radius 1 is 1.10 bits per heavy atom. The summed E-state index contributed by atoms with van der Waals surface area (Å²) in [7, 11) is 0. The van der Waals surface area contributed by atoms with Gasteiger partial charge in [0.1, 0.15) is 0 Å². The van der Waals surface area contributed by atoms with Gasteiger partial charge in [0.2, 0.25) is 0 Å². The van der Waals surface area contributed by atoms with Crippen LogP contribution in [-0.2, 0) is 6.54 Å². The zero-order valence-corrected chi connectivity index (χ0v) is 12.9. The monoisotopic (exact) mass is 270 g/mol. The number of pyridine rings is 1. The number of aryl methyl sites for hydroxylation is 2. The van der Waals surface area contributed by atoms with Gasteiger partial charge in [0, 0.05) is 47.0 Å². The van der Waals surface area contributed by atoms with E-state index in [2.05, 4.69) is 41.0 Å². The summed E-state index contributed by atoms with van der Waals surface area (Å²) in [6, 6.07) is 3.88. The van der Waals surface area contributed by atoms with Crippen molar-refractivity contribution >= 4 is 0 Å². The molecule has 4 nitrogen and oxygen atoms in total. The molecule has 0 saturated carbocycles. The quantitative estimate of drug-likeness (QED) is 0.931. The molecule has 0 amide bonds. The van der Waals surface area contributed by atoms with Gasteiger partial charge in [-0.25, -0.2) is 9.97 Å². The topological polar surface area (TPSA) is 50.7 Å². The second-order valence-electron chi connectivity index (χ2n) is 6.04. The van der Waals surface area contributed by atoms with Crippen molar-refractivity contribution in [3.8, 4) is 11.4 Å². The SMILES string of the molecule is Cc1nc(-c2cccnc2)nc(C)c1CNC(C)(C)C. The van der Waals surface area contributed by atoms with Crippen LogP contribution in [0, 0.1) is 13.8 Å². The third kappa shape index (κ3) is 3.61. The lowest BCUT2D eigenvalue weighted by Crippen LogP contribution is -2.35. The lowest BCUT2D eigenvalue weighted by molar-refractivity contribution is 0.422.